The van der Waals surface area contributed by atoms with E-state index in [1.165, 1.54) is 0 Å². The van der Waals surface area contributed by atoms with Gasteiger partial charge in [0.1, 0.15) is 0 Å². The largest absolute Gasteiger partial charge is 0.388 e. The summed E-state index contributed by atoms with van der Waals surface area (Å²) in [6, 6.07) is 0.409. The zero-order valence-corrected chi connectivity index (χ0v) is 13.1. The van der Waals surface area contributed by atoms with Crippen LogP contribution < -0.4 is 5.73 Å². The highest BCUT2D eigenvalue weighted by Crippen LogP contribution is 2.22. The Hall–Kier alpha value is -0.880. The number of hydrogen-bond donors (Lipinski definition) is 2. The zero-order valence-electron chi connectivity index (χ0n) is 11.5. The highest BCUT2D eigenvalue weighted by Gasteiger charge is 2.16. The van der Waals surface area contributed by atoms with Gasteiger partial charge in [-0.25, -0.2) is 0 Å². The summed E-state index contributed by atoms with van der Waals surface area (Å²) in [6.07, 6.45) is 0.604. The SMILES string of the molecule is Cc1nn(C)c(CN(CCC(=N)N)C(C)C)c1Br. The number of aryl methyl sites for hydroxylation is 2. The van der Waals surface area contributed by atoms with Crippen molar-refractivity contribution in [3.63, 3.8) is 0 Å². The molecule has 1 aromatic rings. The Morgan fingerprint density at radius 2 is 2.17 bits per heavy atom. The maximum atomic E-state index is 7.32. The van der Waals surface area contributed by atoms with E-state index in [2.05, 4.69) is 39.8 Å². The molecule has 0 aliphatic rings. The van der Waals surface area contributed by atoms with Gasteiger partial charge in [0.2, 0.25) is 0 Å². The molecule has 102 valence electrons. The highest BCUT2D eigenvalue weighted by atomic mass is 79.9. The molecule has 6 heteroatoms. The molecule has 0 amide bonds. The fraction of sp³-hybridized carbons (Fsp3) is 0.667. The van der Waals surface area contributed by atoms with Crippen molar-refractivity contribution in [2.75, 3.05) is 6.54 Å². The van der Waals surface area contributed by atoms with Crippen molar-refractivity contribution in [3.05, 3.63) is 15.9 Å². The molecule has 0 aliphatic heterocycles. The summed E-state index contributed by atoms with van der Waals surface area (Å²) in [7, 11) is 1.95. The quantitative estimate of drug-likeness (QED) is 0.623. The lowest BCUT2D eigenvalue weighted by atomic mass is 10.2. The van der Waals surface area contributed by atoms with Gasteiger partial charge in [-0.1, -0.05) is 0 Å². The van der Waals surface area contributed by atoms with Gasteiger partial charge in [-0.15, -0.1) is 0 Å². The second-order valence-electron chi connectivity index (χ2n) is 4.81. The standard InChI is InChI=1S/C12H22BrN5/c1-8(2)18(6-5-11(14)15)7-10-12(13)9(3)16-17(10)4/h8H,5-7H2,1-4H3,(H3,14,15). The molecular formula is C12H22BrN5. The second-order valence-corrected chi connectivity index (χ2v) is 5.60. The number of nitrogens with two attached hydrogens (primary N) is 1. The fourth-order valence-corrected chi connectivity index (χ4v) is 2.29. The van der Waals surface area contributed by atoms with Crippen LogP contribution in [0, 0.1) is 12.3 Å². The molecule has 0 aromatic carbocycles. The van der Waals surface area contributed by atoms with Gasteiger partial charge in [0.25, 0.3) is 0 Å². The summed E-state index contributed by atoms with van der Waals surface area (Å²) in [5, 5.41) is 11.7. The normalized spacial score (nSPS) is 11.5. The third-order valence-corrected chi connectivity index (χ3v) is 4.04. The molecule has 0 unspecified atom stereocenters. The number of nitrogens with one attached hydrogen (secondary N) is 1. The van der Waals surface area contributed by atoms with Crippen LogP contribution in [0.2, 0.25) is 0 Å². The van der Waals surface area contributed by atoms with Crippen LogP contribution in [0.5, 0.6) is 0 Å². The number of amidine groups is 1. The molecule has 3 N–H and O–H groups in total. The number of rotatable bonds is 6. The van der Waals surface area contributed by atoms with Crippen LogP contribution in [0.25, 0.3) is 0 Å². The maximum Gasteiger partial charge on any atom is 0.0918 e. The van der Waals surface area contributed by atoms with Crippen molar-refractivity contribution in [2.24, 2.45) is 12.8 Å². The van der Waals surface area contributed by atoms with Gasteiger partial charge in [-0.2, -0.15) is 5.10 Å². The van der Waals surface area contributed by atoms with Crippen LogP contribution in [0.4, 0.5) is 0 Å². The molecule has 18 heavy (non-hydrogen) atoms. The van der Waals surface area contributed by atoms with Crippen LogP contribution in [0.3, 0.4) is 0 Å². The molecule has 1 aromatic heterocycles. The lowest BCUT2D eigenvalue weighted by Crippen LogP contribution is -2.34. The first kappa shape index (κ1) is 15.2. The molecule has 0 bridgehead atoms. The van der Waals surface area contributed by atoms with E-state index in [9.17, 15) is 0 Å². The Kier molecular flexibility index (Phi) is 5.34. The minimum atomic E-state index is 0.237. The Labute approximate surface area is 117 Å². The topological polar surface area (TPSA) is 70.9 Å². The van der Waals surface area contributed by atoms with Crippen molar-refractivity contribution in [1.29, 1.82) is 5.41 Å². The van der Waals surface area contributed by atoms with E-state index in [-0.39, 0.29) is 5.84 Å². The number of nitrogens with zero attached hydrogens (tertiary/aromatic N) is 3. The van der Waals surface area contributed by atoms with Gasteiger partial charge in [0, 0.05) is 32.6 Å². The average Bonchev–Trinajstić information content (AvgIpc) is 2.49. The Balaban J connectivity index is 2.80. The predicted molar refractivity (Wildman–Crippen MR) is 77.7 cm³/mol. The van der Waals surface area contributed by atoms with Crippen molar-refractivity contribution in [3.8, 4) is 0 Å². The second kappa shape index (κ2) is 6.33. The first-order valence-corrected chi connectivity index (χ1v) is 6.87. The van der Waals surface area contributed by atoms with E-state index in [1.54, 1.807) is 0 Å². The molecule has 1 rings (SSSR count). The van der Waals surface area contributed by atoms with Gasteiger partial charge in [0.05, 0.1) is 21.7 Å². The van der Waals surface area contributed by atoms with E-state index < -0.39 is 0 Å². The minimum absolute atomic E-state index is 0.237. The minimum Gasteiger partial charge on any atom is -0.388 e. The van der Waals surface area contributed by atoms with Crippen LogP contribution >= 0.6 is 15.9 Å². The third kappa shape index (κ3) is 3.81. The highest BCUT2D eigenvalue weighted by molar-refractivity contribution is 9.10. The Bertz CT molecular complexity index is 424. The predicted octanol–water partition coefficient (Wildman–Crippen LogP) is 2.03. The van der Waals surface area contributed by atoms with Gasteiger partial charge in [-0.05, 0) is 36.7 Å². The van der Waals surface area contributed by atoms with Gasteiger partial charge >= 0.3 is 0 Å². The van der Waals surface area contributed by atoms with Crippen LogP contribution in [-0.4, -0.2) is 33.1 Å². The van der Waals surface area contributed by atoms with E-state index in [0.717, 1.165) is 29.0 Å². The number of halogens is 1. The summed E-state index contributed by atoms with van der Waals surface area (Å²) >= 11 is 3.58. The van der Waals surface area contributed by atoms with E-state index in [4.69, 9.17) is 11.1 Å². The van der Waals surface area contributed by atoms with Crippen LogP contribution in [0.15, 0.2) is 4.47 Å². The first-order chi connectivity index (χ1) is 8.32. The Morgan fingerprint density at radius 1 is 1.56 bits per heavy atom. The summed E-state index contributed by atoms with van der Waals surface area (Å²) < 4.78 is 2.97. The van der Waals surface area contributed by atoms with Gasteiger partial charge < -0.3 is 5.73 Å². The fourth-order valence-electron chi connectivity index (χ4n) is 1.83. The summed E-state index contributed by atoms with van der Waals surface area (Å²) in [5.41, 5.74) is 7.59. The molecule has 0 atom stereocenters. The third-order valence-electron chi connectivity index (χ3n) is 3.01. The lowest BCUT2D eigenvalue weighted by molar-refractivity contribution is 0.213. The van der Waals surface area contributed by atoms with Gasteiger partial charge in [-0.3, -0.25) is 15.0 Å². The van der Waals surface area contributed by atoms with E-state index in [1.807, 2.05) is 18.7 Å². The van der Waals surface area contributed by atoms with E-state index >= 15 is 0 Å². The molecule has 0 radical (unpaired) electrons. The maximum absolute atomic E-state index is 7.32. The molecule has 0 spiro atoms. The lowest BCUT2D eigenvalue weighted by Gasteiger charge is -2.26. The molecule has 0 aliphatic carbocycles. The monoisotopic (exact) mass is 315 g/mol. The molecule has 0 fully saturated rings. The molecule has 5 nitrogen and oxygen atoms in total. The number of hydrogen-bond acceptors (Lipinski definition) is 3. The molecule has 0 saturated carbocycles. The van der Waals surface area contributed by atoms with Crippen molar-refractivity contribution < 1.29 is 0 Å². The summed E-state index contributed by atoms with van der Waals surface area (Å²) in [6.45, 7) is 7.89. The smallest absolute Gasteiger partial charge is 0.0918 e. The Morgan fingerprint density at radius 3 is 2.56 bits per heavy atom. The molecular weight excluding hydrogens is 294 g/mol. The van der Waals surface area contributed by atoms with Crippen LogP contribution in [0.1, 0.15) is 31.7 Å². The van der Waals surface area contributed by atoms with Crippen LogP contribution in [-0.2, 0) is 13.6 Å². The molecule has 1 heterocycles. The number of aromatic nitrogens is 2. The first-order valence-electron chi connectivity index (χ1n) is 6.07. The summed E-state index contributed by atoms with van der Waals surface area (Å²) in [4.78, 5) is 2.29. The summed E-state index contributed by atoms with van der Waals surface area (Å²) in [5.74, 6) is 0.237. The molecule has 0 saturated heterocycles. The van der Waals surface area contributed by atoms with E-state index in [0.29, 0.717) is 12.5 Å². The van der Waals surface area contributed by atoms with Crippen molar-refractivity contribution >= 4 is 21.8 Å². The zero-order chi connectivity index (χ0) is 13.9. The average molecular weight is 316 g/mol. The van der Waals surface area contributed by atoms with Gasteiger partial charge in [0.15, 0.2) is 0 Å². The van der Waals surface area contributed by atoms with Crippen molar-refractivity contribution in [1.82, 2.24) is 14.7 Å². The van der Waals surface area contributed by atoms with Crippen molar-refractivity contribution in [2.45, 2.75) is 39.8 Å².